The summed E-state index contributed by atoms with van der Waals surface area (Å²) in [7, 11) is 0. The van der Waals surface area contributed by atoms with Crippen LogP contribution >= 0.6 is 0 Å². The molecule has 0 saturated carbocycles. The van der Waals surface area contributed by atoms with Gasteiger partial charge in [0.15, 0.2) is 0 Å². The van der Waals surface area contributed by atoms with Gasteiger partial charge in [0.25, 0.3) is 0 Å². The van der Waals surface area contributed by atoms with E-state index in [2.05, 4.69) is 40.9 Å². The molecule has 3 heterocycles. The first-order chi connectivity index (χ1) is 12.8. The number of hydrogen-bond acceptors (Lipinski definition) is 4. The predicted octanol–water partition coefficient (Wildman–Crippen LogP) is 2.77. The van der Waals surface area contributed by atoms with Crippen LogP contribution in [0.2, 0.25) is 0 Å². The van der Waals surface area contributed by atoms with Gasteiger partial charge in [0, 0.05) is 38.8 Å². The monoisotopic (exact) mass is 372 g/mol. The molecule has 3 rings (SSSR count). The number of hydrogen-bond donors (Lipinski definition) is 1. The third kappa shape index (κ3) is 5.06. The highest BCUT2D eigenvalue weighted by Gasteiger charge is 2.48. The first-order valence-electron chi connectivity index (χ1n) is 9.99. The Labute approximate surface area is 162 Å². The molecule has 1 spiro atoms. The zero-order valence-corrected chi connectivity index (χ0v) is 16.8. The van der Waals surface area contributed by atoms with Crippen LogP contribution in [0, 0.1) is 10.8 Å². The van der Waals surface area contributed by atoms with Gasteiger partial charge in [-0.05, 0) is 43.4 Å². The Morgan fingerprint density at radius 2 is 2.11 bits per heavy atom. The maximum Gasteiger partial charge on any atom is 0.230 e. The number of nitrogens with one attached hydrogen (secondary N) is 1. The summed E-state index contributed by atoms with van der Waals surface area (Å²) < 4.78 is 0. The summed E-state index contributed by atoms with van der Waals surface area (Å²) in [6.07, 6.45) is 6.74. The highest BCUT2D eigenvalue weighted by atomic mass is 16.2. The Bertz CT molecular complexity index is 671. The lowest BCUT2D eigenvalue weighted by molar-refractivity contribution is -0.147. The number of rotatable bonds is 5. The molecule has 0 bridgehead atoms. The number of anilines is 1. The van der Waals surface area contributed by atoms with Gasteiger partial charge in [-0.25, -0.2) is 0 Å². The summed E-state index contributed by atoms with van der Waals surface area (Å²) in [6, 6.07) is 3.64. The van der Waals surface area contributed by atoms with E-state index in [0.717, 1.165) is 51.1 Å². The molecule has 2 aliphatic rings. The number of amides is 2. The Balaban J connectivity index is 1.51. The zero-order valence-electron chi connectivity index (χ0n) is 16.8. The minimum absolute atomic E-state index is 0.00622. The fraction of sp³-hybridized carbons (Fsp3) is 0.667. The second-order valence-corrected chi connectivity index (χ2v) is 9.24. The van der Waals surface area contributed by atoms with Gasteiger partial charge in [-0.2, -0.15) is 0 Å². The quantitative estimate of drug-likeness (QED) is 0.863. The van der Waals surface area contributed by atoms with Crippen molar-refractivity contribution in [2.24, 2.45) is 10.8 Å². The molecule has 6 nitrogen and oxygen atoms in total. The minimum Gasteiger partial charge on any atom is -0.342 e. The van der Waals surface area contributed by atoms with Gasteiger partial charge in [0.2, 0.25) is 11.8 Å². The van der Waals surface area contributed by atoms with E-state index in [1.54, 1.807) is 18.5 Å². The first kappa shape index (κ1) is 19.8. The van der Waals surface area contributed by atoms with Gasteiger partial charge in [0.05, 0.1) is 17.3 Å². The van der Waals surface area contributed by atoms with Crippen molar-refractivity contribution < 1.29 is 9.59 Å². The molecular weight excluding hydrogens is 340 g/mol. The molecule has 2 aliphatic heterocycles. The molecule has 1 N–H and O–H groups in total. The standard InChI is InChI=1S/C21H32N4O2/c1-20(2,3)15-25-11-5-8-21(19(25)27)9-13-24(16-21)12-7-18(26)23-17-6-4-10-22-14-17/h4,6,10,14H,5,7-9,11-13,15-16H2,1-3H3,(H,23,26)/t21-/m1/s1. The average molecular weight is 373 g/mol. The van der Waals surface area contributed by atoms with E-state index >= 15 is 0 Å². The first-order valence-corrected chi connectivity index (χ1v) is 9.99. The number of carbonyl (C=O) groups excluding carboxylic acids is 2. The van der Waals surface area contributed by atoms with Crippen LogP contribution in [0.4, 0.5) is 5.69 Å². The summed E-state index contributed by atoms with van der Waals surface area (Å²) in [6.45, 7) is 10.6. The molecule has 2 saturated heterocycles. The van der Waals surface area contributed by atoms with Crippen LogP contribution in [0.1, 0.15) is 46.5 Å². The van der Waals surface area contributed by atoms with Gasteiger partial charge in [-0.3, -0.25) is 14.6 Å². The predicted molar refractivity (Wildman–Crippen MR) is 106 cm³/mol. The van der Waals surface area contributed by atoms with Crippen molar-refractivity contribution >= 4 is 17.5 Å². The molecule has 1 atom stereocenters. The summed E-state index contributed by atoms with van der Waals surface area (Å²) in [5.74, 6) is 0.319. The topological polar surface area (TPSA) is 65.5 Å². The van der Waals surface area contributed by atoms with Gasteiger partial charge in [-0.1, -0.05) is 20.8 Å². The van der Waals surface area contributed by atoms with E-state index in [1.165, 1.54) is 0 Å². The molecular formula is C21H32N4O2. The maximum atomic E-state index is 13.2. The third-order valence-corrected chi connectivity index (χ3v) is 5.52. The second-order valence-electron chi connectivity index (χ2n) is 9.24. The van der Waals surface area contributed by atoms with Crippen molar-refractivity contribution in [2.75, 3.05) is 38.0 Å². The number of nitrogens with zero attached hydrogens (tertiary/aromatic N) is 3. The molecule has 2 fully saturated rings. The van der Waals surface area contributed by atoms with Crippen LogP contribution in [0.5, 0.6) is 0 Å². The summed E-state index contributed by atoms with van der Waals surface area (Å²) in [5.41, 5.74) is 0.612. The number of carbonyl (C=O) groups is 2. The van der Waals surface area contributed by atoms with Crippen LogP contribution < -0.4 is 5.32 Å². The molecule has 1 aromatic heterocycles. The Kier molecular flexibility index (Phi) is 5.84. The SMILES string of the molecule is CC(C)(C)CN1CCC[C@]2(CCN(CCC(=O)Nc3cccnc3)C2)C1=O. The Hall–Kier alpha value is -1.95. The van der Waals surface area contributed by atoms with Gasteiger partial charge >= 0.3 is 0 Å². The normalized spacial score (nSPS) is 23.8. The fourth-order valence-electron chi connectivity index (χ4n) is 4.32. The van der Waals surface area contributed by atoms with E-state index in [-0.39, 0.29) is 16.7 Å². The van der Waals surface area contributed by atoms with E-state index < -0.39 is 0 Å². The van der Waals surface area contributed by atoms with Crippen molar-refractivity contribution in [3.63, 3.8) is 0 Å². The van der Waals surface area contributed by atoms with Crippen LogP contribution in [0.3, 0.4) is 0 Å². The molecule has 0 aliphatic carbocycles. The summed E-state index contributed by atoms with van der Waals surface area (Å²) in [5, 5.41) is 2.88. The highest BCUT2D eigenvalue weighted by Crippen LogP contribution is 2.40. The van der Waals surface area contributed by atoms with Gasteiger partial charge in [0.1, 0.15) is 0 Å². The van der Waals surface area contributed by atoms with E-state index in [1.807, 2.05) is 6.07 Å². The zero-order chi connectivity index (χ0) is 19.5. The lowest BCUT2D eigenvalue weighted by Crippen LogP contribution is -2.52. The molecule has 27 heavy (non-hydrogen) atoms. The van der Waals surface area contributed by atoms with Gasteiger partial charge < -0.3 is 15.1 Å². The van der Waals surface area contributed by atoms with Crippen LogP contribution in [0.15, 0.2) is 24.5 Å². The maximum absolute atomic E-state index is 13.2. The van der Waals surface area contributed by atoms with Crippen LogP contribution in [-0.2, 0) is 9.59 Å². The van der Waals surface area contributed by atoms with E-state index in [9.17, 15) is 9.59 Å². The lowest BCUT2D eigenvalue weighted by Gasteiger charge is -2.42. The van der Waals surface area contributed by atoms with Crippen molar-refractivity contribution in [3.8, 4) is 0 Å². The van der Waals surface area contributed by atoms with Crippen molar-refractivity contribution in [1.29, 1.82) is 0 Å². The Morgan fingerprint density at radius 1 is 1.30 bits per heavy atom. The molecule has 6 heteroatoms. The number of piperidine rings is 1. The molecule has 1 aromatic rings. The average Bonchev–Trinajstić information content (AvgIpc) is 3.01. The Morgan fingerprint density at radius 3 is 2.81 bits per heavy atom. The largest absolute Gasteiger partial charge is 0.342 e. The van der Waals surface area contributed by atoms with Crippen molar-refractivity contribution in [2.45, 2.75) is 46.5 Å². The van der Waals surface area contributed by atoms with Crippen molar-refractivity contribution in [3.05, 3.63) is 24.5 Å². The number of pyridine rings is 1. The molecule has 0 unspecified atom stereocenters. The number of likely N-dealkylation sites (tertiary alicyclic amines) is 2. The molecule has 2 amide bonds. The van der Waals surface area contributed by atoms with Crippen LogP contribution in [-0.4, -0.2) is 59.3 Å². The molecule has 148 valence electrons. The fourth-order valence-corrected chi connectivity index (χ4v) is 4.32. The lowest BCUT2D eigenvalue weighted by atomic mass is 9.77. The van der Waals surface area contributed by atoms with E-state index in [4.69, 9.17) is 0 Å². The van der Waals surface area contributed by atoms with Gasteiger partial charge in [-0.15, -0.1) is 0 Å². The summed E-state index contributed by atoms with van der Waals surface area (Å²) >= 11 is 0. The smallest absolute Gasteiger partial charge is 0.230 e. The van der Waals surface area contributed by atoms with Crippen molar-refractivity contribution in [1.82, 2.24) is 14.8 Å². The molecule has 0 aromatic carbocycles. The number of aromatic nitrogens is 1. The minimum atomic E-state index is -0.233. The van der Waals surface area contributed by atoms with Crippen LogP contribution in [0.25, 0.3) is 0 Å². The summed E-state index contributed by atoms with van der Waals surface area (Å²) in [4.78, 5) is 33.7. The highest BCUT2D eigenvalue weighted by molar-refractivity contribution is 5.90. The molecule has 0 radical (unpaired) electrons. The third-order valence-electron chi connectivity index (χ3n) is 5.52. The second kappa shape index (κ2) is 7.97. The van der Waals surface area contributed by atoms with E-state index in [0.29, 0.717) is 18.9 Å².